The van der Waals surface area contributed by atoms with Gasteiger partial charge < -0.3 is 39.0 Å². The molecule has 0 amide bonds. The van der Waals surface area contributed by atoms with Crippen LogP contribution >= 0.6 is 0 Å². The first-order valence-corrected chi connectivity index (χ1v) is 10.8. The Morgan fingerprint density at radius 1 is 0.970 bits per heavy atom. The molecule has 0 bridgehead atoms. The predicted octanol–water partition coefficient (Wildman–Crippen LogP) is 2.01. The standard InChI is InChI=1S/C24H28O9/c1-4-16-21(26)22(27)23(28)24(33-16)31-13-6-7-14-15(25)11-18(32-19(14)10-13)12-5-8-17(29-2)20(9-12)30-3/h5-10,16,18,21-24,26-28H,4,11H2,1-3H3. The summed E-state index contributed by atoms with van der Waals surface area (Å²) in [6, 6.07) is 10.1. The Morgan fingerprint density at radius 3 is 2.42 bits per heavy atom. The molecule has 9 nitrogen and oxygen atoms in total. The van der Waals surface area contributed by atoms with E-state index >= 15 is 0 Å². The Kier molecular flexibility index (Phi) is 6.76. The largest absolute Gasteiger partial charge is 0.493 e. The first-order chi connectivity index (χ1) is 15.9. The second kappa shape index (κ2) is 9.56. The van der Waals surface area contributed by atoms with E-state index in [1.165, 1.54) is 7.11 Å². The fourth-order valence-electron chi connectivity index (χ4n) is 4.10. The van der Waals surface area contributed by atoms with E-state index in [0.29, 0.717) is 29.2 Å². The van der Waals surface area contributed by atoms with E-state index in [9.17, 15) is 20.1 Å². The third-order valence-electron chi connectivity index (χ3n) is 6.00. The molecule has 2 aromatic carbocycles. The summed E-state index contributed by atoms with van der Waals surface area (Å²) in [5, 5.41) is 30.4. The fraction of sp³-hybridized carbons (Fsp3) is 0.458. The number of aliphatic hydroxyl groups is 3. The molecule has 0 aliphatic carbocycles. The minimum absolute atomic E-state index is 0.0823. The summed E-state index contributed by atoms with van der Waals surface area (Å²) < 4.78 is 28.1. The molecule has 3 N–H and O–H groups in total. The molecule has 2 aliphatic rings. The maximum absolute atomic E-state index is 12.8. The Morgan fingerprint density at radius 2 is 1.73 bits per heavy atom. The molecule has 1 saturated heterocycles. The van der Waals surface area contributed by atoms with Gasteiger partial charge in [-0.2, -0.15) is 0 Å². The molecular weight excluding hydrogens is 432 g/mol. The maximum Gasteiger partial charge on any atom is 0.229 e. The zero-order chi connectivity index (χ0) is 23.7. The Bertz CT molecular complexity index is 1010. The molecule has 0 radical (unpaired) electrons. The van der Waals surface area contributed by atoms with E-state index in [1.807, 2.05) is 6.07 Å². The second-order valence-corrected chi connectivity index (χ2v) is 8.05. The highest BCUT2D eigenvalue weighted by Gasteiger charge is 2.44. The van der Waals surface area contributed by atoms with Crippen molar-refractivity contribution in [2.75, 3.05) is 14.2 Å². The minimum Gasteiger partial charge on any atom is -0.493 e. The van der Waals surface area contributed by atoms with Crippen molar-refractivity contribution < 1.29 is 43.8 Å². The van der Waals surface area contributed by atoms with Gasteiger partial charge in [0, 0.05) is 6.07 Å². The number of Topliss-reactive ketones (excluding diaryl/α,β-unsaturated/α-hetero) is 1. The highest BCUT2D eigenvalue weighted by atomic mass is 16.7. The van der Waals surface area contributed by atoms with Gasteiger partial charge in [-0.1, -0.05) is 13.0 Å². The van der Waals surface area contributed by atoms with Crippen molar-refractivity contribution in [3.8, 4) is 23.0 Å². The highest BCUT2D eigenvalue weighted by Crippen LogP contribution is 2.40. The molecule has 178 valence electrons. The minimum atomic E-state index is -1.44. The van der Waals surface area contributed by atoms with Crippen molar-refractivity contribution in [3.63, 3.8) is 0 Å². The van der Waals surface area contributed by atoms with Crippen LogP contribution in [0.2, 0.25) is 0 Å². The van der Waals surface area contributed by atoms with E-state index in [1.54, 1.807) is 44.4 Å². The van der Waals surface area contributed by atoms with Gasteiger partial charge in [-0.05, 0) is 36.2 Å². The smallest absolute Gasteiger partial charge is 0.229 e. The van der Waals surface area contributed by atoms with Crippen LogP contribution in [0.1, 0.15) is 41.8 Å². The average molecular weight is 460 g/mol. The summed E-state index contributed by atoms with van der Waals surface area (Å²) in [4.78, 5) is 12.8. The van der Waals surface area contributed by atoms with Crippen molar-refractivity contribution in [2.45, 2.75) is 56.6 Å². The number of carbonyl (C=O) groups is 1. The molecule has 6 unspecified atom stereocenters. The summed E-state index contributed by atoms with van der Waals surface area (Å²) in [6.07, 6.45) is -5.87. The summed E-state index contributed by atoms with van der Waals surface area (Å²) >= 11 is 0. The SMILES string of the molecule is CCC1OC(Oc2ccc3c(c2)OC(c2ccc(OC)c(OC)c2)CC3=O)C(O)C(O)C1O. The van der Waals surface area contributed by atoms with Gasteiger partial charge in [0.25, 0.3) is 0 Å². The summed E-state index contributed by atoms with van der Waals surface area (Å²) in [5.41, 5.74) is 1.18. The number of hydrogen-bond acceptors (Lipinski definition) is 9. The van der Waals surface area contributed by atoms with E-state index in [4.69, 9.17) is 23.7 Å². The van der Waals surface area contributed by atoms with Gasteiger partial charge in [0.1, 0.15) is 35.9 Å². The van der Waals surface area contributed by atoms with E-state index < -0.39 is 36.8 Å². The number of carbonyl (C=O) groups excluding carboxylic acids is 1. The normalized spacial score (nSPS) is 29.1. The molecule has 2 aromatic rings. The molecule has 2 heterocycles. The molecule has 33 heavy (non-hydrogen) atoms. The van der Waals surface area contributed by atoms with Crippen molar-refractivity contribution >= 4 is 5.78 Å². The van der Waals surface area contributed by atoms with Crippen LogP contribution in [-0.4, -0.2) is 66.0 Å². The summed E-state index contributed by atoms with van der Waals surface area (Å²) in [7, 11) is 3.08. The summed E-state index contributed by atoms with van der Waals surface area (Å²) in [5.74, 6) is 1.64. The van der Waals surface area contributed by atoms with Crippen LogP contribution in [0.5, 0.6) is 23.0 Å². The van der Waals surface area contributed by atoms with Gasteiger partial charge in [0.2, 0.25) is 6.29 Å². The lowest BCUT2D eigenvalue weighted by atomic mass is 9.96. The molecule has 0 spiro atoms. The zero-order valence-electron chi connectivity index (χ0n) is 18.6. The number of methoxy groups -OCH3 is 2. The van der Waals surface area contributed by atoms with Crippen molar-refractivity contribution in [3.05, 3.63) is 47.5 Å². The van der Waals surface area contributed by atoms with Crippen molar-refractivity contribution in [2.24, 2.45) is 0 Å². The van der Waals surface area contributed by atoms with Crippen LogP contribution in [0, 0.1) is 0 Å². The zero-order valence-corrected chi connectivity index (χ0v) is 18.6. The molecule has 1 fully saturated rings. The van der Waals surface area contributed by atoms with Crippen LogP contribution in [0.3, 0.4) is 0 Å². The van der Waals surface area contributed by atoms with Gasteiger partial charge in [-0.3, -0.25) is 4.79 Å². The molecule has 2 aliphatic heterocycles. The third-order valence-corrected chi connectivity index (χ3v) is 6.00. The number of ketones is 1. The van der Waals surface area contributed by atoms with Crippen LogP contribution in [0.4, 0.5) is 0 Å². The van der Waals surface area contributed by atoms with Gasteiger partial charge in [-0.15, -0.1) is 0 Å². The highest BCUT2D eigenvalue weighted by molar-refractivity contribution is 6.00. The van der Waals surface area contributed by atoms with E-state index in [-0.39, 0.29) is 18.0 Å². The van der Waals surface area contributed by atoms with Crippen LogP contribution in [0.25, 0.3) is 0 Å². The number of hydrogen-bond donors (Lipinski definition) is 3. The number of ether oxygens (including phenoxy) is 5. The number of benzene rings is 2. The molecule has 9 heteroatoms. The fourth-order valence-corrected chi connectivity index (χ4v) is 4.10. The lowest BCUT2D eigenvalue weighted by Crippen LogP contribution is -2.58. The molecule has 6 atom stereocenters. The van der Waals surface area contributed by atoms with Crippen molar-refractivity contribution in [1.82, 2.24) is 0 Å². The first-order valence-electron chi connectivity index (χ1n) is 10.8. The average Bonchev–Trinajstić information content (AvgIpc) is 2.83. The lowest BCUT2D eigenvalue weighted by molar-refractivity contribution is -0.272. The number of rotatable bonds is 6. The molecule has 0 saturated carbocycles. The topological polar surface area (TPSA) is 124 Å². The lowest BCUT2D eigenvalue weighted by Gasteiger charge is -2.40. The van der Waals surface area contributed by atoms with Crippen LogP contribution < -0.4 is 18.9 Å². The molecular formula is C24H28O9. The van der Waals surface area contributed by atoms with Gasteiger partial charge in [-0.25, -0.2) is 0 Å². The number of fused-ring (bicyclic) bond motifs is 1. The predicted molar refractivity (Wildman–Crippen MR) is 116 cm³/mol. The van der Waals surface area contributed by atoms with E-state index in [2.05, 4.69) is 0 Å². The Balaban J connectivity index is 1.55. The van der Waals surface area contributed by atoms with Crippen molar-refractivity contribution in [1.29, 1.82) is 0 Å². The Labute approximate surface area is 191 Å². The third kappa shape index (κ3) is 4.49. The van der Waals surface area contributed by atoms with Gasteiger partial charge in [0.15, 0.2) is 17.3 Å². The van der Waals surface area contributed by atoms with Crippen LogP contribution in [0.15, 0.2) is 36.4 Å². The van der Waals surface area contributed by atoms with Gasteiger partial charge in [0.05, 0.1) is 32.3 Å². The quantitative estimate of drug-likeness (QED) is 0.594. The monoisotopic (exact) mass is 460 g/mol. The molecule has 0 aromatic heterocycles. The summed E-state index contributed by atoms with van der Waals surface area (Å²) in [6.45, 7) is 1.79. The van der Waals surface area contributed by atoms with Crippen LogP contribution in [-0.2, 0) is 4.74 Å². The van der Waals surface area contributed by atoms with E-state index in [0.717, 1.165) is 5.56 Å². The second-order valence-electron chi connectivity index (χ2n) is 8.05. The van der Waals surface area contributed by atoms with Gasteiger partial charge >= 0.3 is 0 Å². The first kappa shape index (κ1) is 23.3. The molecule has 4 rings (SSSR count). The Hall–Kier alpha value is -2.85. The maximum atomic E-state index is 12.8. The number of aliphatic hydroxyl groups excluding tert-OH is 3.